The molecule has 0 bridgehead atoms. The first-order valence-corrected chi connectivity index (χ1v) is 10.00. The molecular formula is C21H28N2O4. The van der Waals surface area contributed by atoms with Crippen LogP contribution >= 0.6 is 0 Å². The van der Waals surface area contributed by atoms with E-state index in [4.69, 9.17) is 4.74 Å². The summed E-state index contributed by atoms with van der Waals surface area (Å²) in [4.78, 5) is 36.8. The summed E-state index contributed by atoms with van der Waals surface area (Å²) in [7, 11) is 0. The highest BCUT2D eigenvalue weighted by Gasteiger charge is 2.24. The molecule has 0 unspecified atom stereocenters. The van der Waals surface area contributed by atoms with Gasteiger partial charge in [-0.25, -0.2) is 0 Å². The smallest absolute Gasteiger partial charge is 0.309 e. The standard InChI is InChI=1S/C21H28N2O4/c24-19(14-27-21(26)15-8-2-1-3-9-15)23-18-13-7-6-12-17(18)20(25)22-16-10-4-5-11-16/h6-7,12-13,15-16H,1-5,8-11,14H2,(H,22,25)(H,23,24). The number of amides is 2. The van der Waals surface area contributed by atoms with Gasteiger partial charge < -0.3 is 15.4 Å². The van der Waals surface area contributed by atoms with Gasteiger partial charge in [-0.3, -0.25) is 14.4 Å². The molecule has 27 heavy (non-hydrogen) atoms. The number of para-hydroxylation sites is 1. The maximum atomic E-state index is 12.5. The van der Waals surface area contributed by atoms with E-state index in [2.05, 4.69) is 10.6 Å². The molecule has 3 rings (SSSR count). The van der Waals surface area contributed by atoms with E-state index in [-0.39, 0.29) is 30.4 Å². The van der Waals surface area contributed by atoms with E-state index in [0.717, 1.165) is 57.8 Å². The molecule has 0 radical (unpaired) electrons. The fraction of sp³-hybridized carbons (Fsp3) is 0.571. The van der Waals surface area contributed by atoms with Gasteiger partial charge in [-0.1, -0.05) is 44.2 Å². The number of benzene rings is 1. The van der Waals surface area contributed by atoms with Crippen LogP contribution in [0, 0.1) is 5.92 Å². The molecule has 0 heterocycles. The summed E-state index contributed by atoms with van der Waals surface area (Å²) in [6.07, 6.45) is 9.17. The summed E-state index contributed by atoms with van der Waals surface area (Å²) in [5.74, 6) is -0.995. The number of hydrogen-bond acceptors (Lipinski definition) is 4. The molecule has 2 aliphatic rings. The first-order valence-electron chi connectivity index (χ1n) is 10.00. The van der Waals surface area contributed by atoms with Crippen LogP contribution in [-0.4, -0.2) is 30.4 Å². The Morgan fingerprint density at radius 1 is 0.926 bits per heavy atom. The summed E-state index contributed by atoms with van der Waals surface area (Å²) >= 11 is 0. The SMILES string of the molecule is O=C(COC(=O)C1CCCCC1)Nc1ccccc1C(=O)NC1CCCC1. The highest BCUT2D eigenvalue weighted by molar-refractivity contribution is 6.04. The van der Waals surface area contributed by atoms with Gasteiger partial charge in [0.05, 0.1) is 17.2 Å². The Bertz CT molecular complexity index is 677. The fourth-order valence-electron chi connectivity index (χ4n) is 3.90. The van der Waals surface area contributed by atoms with Crippen molar-refractivity contribution in [1.29, 1.82) is 0 Å². The molecule has 0 aliphatic heterocycles. The number of rotatable bonds is 6. The van der Waals surface area contributed by atoms with Gasteiger partial charge >= 0.3 is 5.97 Å². The minimum absolute atomic E-state index is 0.0870. The van der Waals surface area contributed by atoms with E-state index in [0.29, 0.717) is 11.3 Å². The minimum Gasteiger partial charge on any atom is -0.455 e. The predicted molar refractivity (Wildman–Crippen MR) is 102 cm³/mol. The number of anilines is 1. The van der Waals surface area contributed by atoms with Gasteiger partial charge in [-0.2, -0.15) is 0 Å². The molecule has 1 aromatic carbocycles. The number of carbonyl (C=O) groups excluding carboxylic acids is 3. The zero-order valence-electron chi connectivity index (χ0n) is 15.7. The van der Waals surface area contributed by atoms with E-state index in [1.807, 2.05) is 0 Å². The molecule has 1 aromatic rings. The molecule has 2 aliphatic carbocycles. The van der Waals surface area contributed by atoms with Crippen molar-refractivity contribution >= 4 is 23.5 Å². The van der Waals surface area contributed by atoms with Crippen LogP contribution in [0.2, 0.25) is 0 Å². The number of hydrogen-bond donors (Lipinski definition) is 2. The van der Waals surface area contributed by atoms with Crippen molar-refractivity contribution in [2.24, 2.45) is 5.92 Å². The Hall–Kier alpha value is -2.37. The predicted octanol–water partition coefficient (Wildman–Crippen LogP) is 3.42. The molecule has 0 atom stereocenters. The van der Waals surface area contributed by atoms with Gasteiger partial charge in [-0.15, -0.1) is 0 Å². The van der Waals surface area contributed by atoms with Crippen molar-refractivity contribution in [2.45, 2.75) is 63.8 Å². The minimum atomic E-state index is -0.430. The lowest BCUT2D eigenvalue weighted by Gasteiger charge is -2.19. The average Bonchev–Trinajstić information content (AvgIpc) is 3.20. The van der Waals surface area contributed by atoms with Gasteiger partial charge in [0.2, 0.25) is 0 Å². The van der Waals surface area contributed by atoms with Gasteiger partial charge in [0.25, 0.3) is 11.8 Å². The van der Waals surface area contributed by atoms with Crippen molar-refractivity contribution in [3.05, 3.63) is 29.8 Å². The van der Waals surface area contributed by atoms with Gasteiger partial charge in [0.15, 0.2) is 6.61 Å². The van der Waals surface area contributed by atoms with E-state index < -0.39 is 5.91 Å². The van der Waals surface area contributed by atoms with E-state index in [1.165, 1.54) is 0 Å². The third kappa shape index (κ3) is 5.55. The van der Waals surface area contributed by atoms with Crippen LogP contribution in [0.4, 0.5) is 5.69 Å². The molecule has 0 aromatic heterocycles. The highest BCUT2D eigenvalue weighted by atomic mass is 16.5. The van der Waals surface area contributed by atoms with Crippen LogP contribution < -0.4 is 10.6 Å². The summed E-state index contributed by atoms with van der Waals surface area (Å²) in [5.41, 5.74) is 0.864. The normalized spacial score (nSPS) is 18.1. The van der Waals surface area contributed by atoms with Crippen LogP contribution in [0.15, 0.2) is 24.3 Å². The number of ether oxygens (including phenoxy) is 1. The first kappa shape index (κ1) is 19.4. The molecular weight excluding hydrogens is 344 g/mol. The molecule has 2 amide bonds. The lowest BCUT2D eigenvalue weighted by molar-refractivity contribution is -0.152. The fourth-order valence-corrected chi connectivity index (χ4v) is 3.90. The molecule has 6 heteroatoms. The zero-order valence-corrected chi connectivity index (χ0v) is 15.7. The topological polar surface area (TPSA) is 84.5 Å². The van der Waals surface area contributed by atoms with E-state index >= 15 is 0 Å². The number of nitrogens with one attached hydrogen (secondary N) is 2. The highest BCUT2D eigenvalue weighted by Crippen LogP contribution is 2.24. The van der Waals surface area contributed by atoms with Crippen molar-refractivity contribution in [1.82, 2.24) is 5.32 Å². The second kappa shape index (κ2) is 9.53. The lowest BCUT2D eigenvalue weighted by atomic mass is 9.89. The number of carbonyl (C=O) groups is 3. The van der Waals surface area contributed by atoms with Gasteiger partial charge in [-0.05, 0) is 37.8 Å². The lowest BCUT2D eigenvalue weighted by Crippen LogP contribution is -2.33. The third-order valence-corrected chi connectivity index (χ3v) is 5.42. The second-order valence-corrected chi connectivity index (χ2v) is 7.49. The maximum absolute atomic E-state index is 12.5. The molecule has 2 fully saturated rings. The molecule has 2 N–H and O–H groups in total. The van der Waals surface area contributed by atoms with E-state index in [1.54, 1.807) is 24.3 Å². The Labute approximate surface area is 160 Å². The van der Waals surface area contributed by atoms with Crippen molar-refractivity contribution in [3.8, 4) is 0 Å². The van der Waals surface area contributed by atoms with Crippen molar-refractivity contribution in [3.63, 3.8) is 0 Å². The third-order valence-electron chi connectivity index (χ3n) is 5.42. The van der Waals surface area contributed by atoms with Gasteiger partial charge in [0, 0.05) is 6.04 Å². The second-order valence-electron chi connectivity index (χ2n) is 7.49. The summed E-state index contributed by atoms with van der Waals surface area (Å²) in [5, 5.41) is 5.72. The zero-order chi connectivity index (χ0) is 19.1. The Kier molecular flexibility index (Phi) is 6.85. The average molecular weight is 372 g/mol. The van der Waals surface area contributed by atoms with Crippen LogP contribution in [0.3, 0.4) is 0 Å². The van der Waals surface area contributed by atoms with Crippen molar-refractivity contribution in [2.75, 3.05) is 11.9 Å². The number of esters is 1. The first-order chi connectivity index (χ1) is 13.1. The molecule has 6 nitrogen and oxygen atoms in total. The molecule has 0 spiro atoms. The Morgan fingerprint density at radius 2 is 1.59 bits per heavy atom. The van der Waals surface area contributed by atoms with Crippen LogP contribution in [0.25, 0.3) is 0 Å². The van der Waals surface area contributed by atoms with Crippen LogP contribution in [-0.2, 0) is 14.3 Å². The summed E-state index contributed by atoms with van der Waals surface area (Å²) < 4.78 is 5.17. The monoisotopic (exact) mass is 372 g/mol. The van der Waals surface area contributed by atoms with Crippen LogP contribution in [0.5, 0.6) is 0 Å². The maximum Gasteiger partial charge on any atom is 0.309 e. The largest absolute Gasteiger partial charge is 0.455 e. The molecule has 146 valence electrons. The quantitative estimate of drug-likeness (QED) is 0.750. The van der Waals surface area contributed by atoms with Crippen molar-refractivity contribution < 1.29 is 19.1 Å². The van der Waals surface area contributed by atoms with E-state index in [9.17, 15) is 14.4 Å². The summed E-state index contributed by atoms with van der Waals surface area (Å²) in [6.45, 7) is -0.325. The molecule has 0 saturated heterocycles. The Morgan fingerprint density at radius 3 is 2.33 bits per heavy atom. The Balaban J connectivity index is 1.52. The van der Waals surface area contributed by atoms with Gasteiger partial charge in [0.1, 0.15) is 0 Å². The van der Waals surface area contributed by atoms with Crippen LogP contribution in [0.1, 0.15) is 68.1 Å². The summed E-state index contributed by atoms with van der Waals surface area (Å²) in [6, 6.07) is 7.11. The molecule has 2 saturated carbocycles.